The summed E-state index contributed by atoms with van der Waals surface area (Å²) in [7, 11) is -3.64. The summed E-state index contributed by atoms with van der Waals surface area (Å²) in [6.07, 6.45) is 0. The van der Waals surface area contributed by atoms with E-state index in [0.717, 1.165) is 11.3 Å². The van der Waals surface area contributed by atoms with E-state index < -0.39 is 10.0 Å². The lowest BCUT2D eigenvalue weighted by molar-refractivity contribution is 0.328. The van der Waals surface area contributed by atoms with E-state index in [1.54, 1.807) is 12.1 Å². The quantitative estimate of drug-likeness (QED) is 0.812. The van der Waals surface area contributed by atoms with Crippen LogP contribution in [0.1, 0.15) is 0 Å². The molecule has 9 heteroatoms. The Morgan fingerprint density at radius 3 is 2.63 bits per heavy atom. The summed E-state index contributed by atoms with van der Waals surface area (Å²) in [5.41, 5.74) is 6.75. The molecule has 0 radical (unpaired) electrons. The highest BCUT2D eigenvalue weighted by atomic mass is 32.2. The Labute approximate surface area is 114 Å². The van der Waals surface area contributed by atoms with Crippen molar-refractivity contribution >= 4 is 26.5 Å². The molecule has 0 fully saturated rings. The van der Waals surface area contributed by atoms with Crippen LogP contribution in [0, 0.1) is 0 Å². The Kier molecular flexibility index (Phi) is 4.30. The van der Waals surface area contributed by atoms with Gasteiger partial charge in [0.15, 0.2) is 0 Å². The molecule has 0 amide bonds. The van der Waals surface area contributed by atoms with E-state index in [-0.39, 0.29) is 10.0 Å². The molecule has 0 spiro atoms. The van der Waals surface area contributed by atoms with Crippen LogP contribution in [-0.4, -0.2) is 31.8 Å². The first-order valence-corrected chi connectivity index (χ1v) is 7.70. The second-order valence-corrected chi connectivity index (χ2v) is 5.97. The molecular weight excluding hydrogens is 288 g/mol. The van der Waals surface area contributed by atoms with E-state index in [1.165, 1.54) is 17.6 Å². The van der Waals surface area contributed by atoms with Gasteiger partial charge in [-0.25, -0.2) is 8.42 Å². The first kappa shape index (κ1) is 13.7. The van der Waals surface area contributed by atoms with Gasteiger partial charge in [0.2, 0.25) is 5.13 Å². The van der Waals surface area contributed by atoms with Crippen molar-refractivity contribution in [3.63, 3.8) is 0 Å². The van der Waals surface area contributed by atoms with Gasteiger partial charge >= 0.3 is 0 Å². The van der Waals surface area contributed by atoms with Gasteiger partial charge in [-0.2, -0.15) is 0 Å². The van der Waals surface area contributed by atoms with E-state index >= 15 is 0 Å². The summed E-state index contributed by atoms with van der Waals surface area (Å²) in [6.45, 7) is 0.786. The zero-order valence-corrected chi connectivity index (χ0v) is 11.4. The summed E-state index contributed by atoms with van der Waals surface area (Å²) in [4.78, 5) is 0.128. The maximum Gasteiger partial charge on any atom is 0.263 e. The third-order valence-electron chi connectivity index (χ3n) is 2.10. The summed E-state index contributed by atoms with van der Waals surface area (Å²) in [5.74, 6) is 0.570. The Balaban J connectivity index is 2.12. The van der Waals surface area contributed by atoms with Crippen molar-refractivity contribution in [2.24, 2.45) is 5.73 Å². The molecule has 0 bridgehead atoms. The second-order valence-electron chi connectivity index (χ2n) is 3.46. The van der Waals surface area contributed by atoms with Crippen LogP contribution in [0.2, 0.25) is 0 Å². The maximum atomic E-state index is 12.0. The van der Waals surface area contributed by atoms with E-state index in [2.05, 4.69) is 14.9 Å². The summed E-state index contributed by atoms with van der Waals surface area (Å²) >= 11 is 1.11. The molecule has 0 aliphatic carbocycles. The Morgan fingerprint density at radius 2 is 2.05 bits per heavy atom. The third kappa shape index (κ3) is 3.63. The lowest BCUT2D eigenvalue weighted by atomic mass is 10.3. The average molecular weight is 300 g/mol. The van der Waals surface area contributed by atoms with Gasteiger partial charge in [0.25, 0.3) is 10.0 Å². The van der Waals surface area contributed by atoms with E-state index in [1.807, 2.05) is 0 Å². The van der Waals surface area contributed by atoms with Gasteiger partial charge in [-0.3, -0.25) is 4.72 Å². The normalized spacial score (nSPS) is 11.2. The van der Waals surface area contributed by atoms with Gasteiger partial charge in [0.1, 0.15) is 17.9 Å². The van der Waals surface area contributed by atoms with Crippen molar-refractivity contribution in [1.82, 2.24) is 10.2 Å². The van der Waals surface area contributed by atoms with E-state index in [4.69, 9.17) is 10.5 Å². The smallest absolute Gasteiger partial charge is 0.263 e. The third-order valence-corrected chi connectivity index (χ3v) is 4.19. The molecule has 1 heterocycles. The van der Waals surface area contributed by atoms with Gasteiger partial charge in [0, 0.05) is 6.54 Å². The fraction of sp³-hybridized carbons (Fsp3) is 0.200. The molecule has 0 saturated heterocycles. The zero-order chi connectivity index (χ0) is 13.7. The van der Waals surface area contributed by atoms with Crippen LogP contribution in [-0.2, 0) is 10.0 Å². The van der Waals surface area contributed by atoms with Crippen molar-refractivity contribution in [1.29, 1.82) is 0 Å². The zero-order valence-electron chi connectivity index (χ0n) is 9.81. The molecular formula is C10H12N4O3S2. The number of ether oxygens (including phenoxy) is 1. The Morgan fingerprint density at radius 1 is 1.32 bits per heavy atom. The van der Waals surface area contributed by atoms with E-state index in [0.29, 0.717) is 18.9 Å². The maximum absolute atomic E-state index is 12.0. The van der Waals surface area contributed by atoms with Gasteiger partial charge in [-0.1, -0.05) is 11.3 Å². The molecule has 0 atom stereocenters. The molecule has 7 nitrogen and oxygen atoms in total. The van der Waals surface area contributed by atoms with Crippen molar-refractivity contribution in [2.45, 2.75) is 4.90 Å². The molecule has 2 aromatic rings. The van der Waals surface area contributed by atoms with Crippen LogP contribution in [0.5, 0.6) is 5.75 Å². The fourth-order valence-corrected chi connectivity index (χ4v) is 2.98. The topological polar surface area (TPSA) is 107 Å². The van der Waals surface area contributed by atoms with Crippen molar-refractivity contribution in [3.05, 3.63) is 29.8 Å². The van der Waals surface area contributed by atoms with Gasteiger partial charge in [0.05, 0.1) is 4.90 Å². The molecule has 1 aromatic heterocycles. The highest BCUT2D eigenvalue weighted by molar-refractivity contribution is 7.93. The minimum absolute atomic E-state index is 0.128. The number of nitrogens with one attached hydrogen (secondary N) is 1. The van der Waals surface area contributed by atoms with Gasteiger partial charge in [-0.15, -0.1) is 10.2 Å². The monoisotopic (exact) mass is 300 g/mol. The number of nitrogens with two attached hydrogens (primary N) is 1. The standard InChI is InChI=1S/C10H12N4O3S2/c11-5-6-17-8-1-3-9(4-2-8)19(15,16)14-10-13-12-7-18-10/h1-4,7H,5-6,11H2,(H,13,14). The second kappa shape index (κ2) is 5.95. The van der Waals surface area contributed by atoms with Crippen LogP contribution >= 0.6 is 11.3 Å². The molecule has 1 aromatic carbocycles. The SMILES string of the molecule is NCCOc1ccc(S(=O)(=O)Nc2nncs2)cc1. The first-order chi connectivity index (χ1) is 9.12. The molecule has 0 unspecified atom stereocenters. The van der Waals surface area contributed by atoms with Crippen LogP contribution in [0.4, 0.5) is 5.13 Å². The van der Waals surface area contributed by atoms with E-state index in [9.17, 15) is 8.42 Å². The van der Waals surface area contributed by atoms with Gasteiger partial charge in [-0.05, 0) is 24.3 Å². The lowest BCUT2D eigenvalue weighted by Gasteiger charge is -2.07. The van der Waals surface area contributed by atoms with Crippen LogP contribution in [0.25, 0.3) is 0 Å². The molecule has 0 aliphatic heterocycles. The van der Waals surface area contributed by atoms with Crippen LogP contribution < -0.4 is 15.2 Å². The van der Waals surface area contributed by atoms with Crippen molar-refractivity contribution in [3.8, 4) is 5.75 Å². The number of hydrogen-bond donors (Lipinski definition) is 2. The highest BCUT2D eigenvalue weighted by Gasteiger charge is 2.15. The Hall–Kier alpha value is -1.71. The van der Waals surface area contributed by atoms with Crippen molar-refractivity contribution < 1.29 is 13.2 Å². The largest absolute Gasteiger partial charge is 0.492 e. The number of rotatable bonds is 6. The summed E-state index contributed by atoms with van der Waals surface area (Å²) < 4.78 is 31.6. The molecule has 0 saturated carbocycles. The number of anilines is 1. The number of nitrogens with zero attached hydrogens (tertiary/aromatic N) is 2. The Bertz CT molecular complexity index is 611. The minimum Gasteiger partial charge on any atom is -0.492 e. The molecule has 102 valence electrons. The molecule has 19 heavy (non-hydrogen) atoms. The molecule has 0 aliphatic rings. The van der Waals surface area contributed by atoms with Gasteiger partial charge < -0.3 is 10.5 Å². The summed E-state index contributed by atoms with van der Waals surface area (Å²) in [5, 5.41) is 7.41. The highest BCUT2D eigenvalue weighted by Crippen LogP contribution is 2.19. The number of sulfonamides is 1. The predicted molar refractivity (Wildman–Crippen MR) is 71.7 cm³/mol. The first-order valence-electron chi connectivity index (χ1n) is 5.34. The predicted octanol–water partition coefficient (Wildman–Crippen LogP) is 0.676. The van der Waals surface area contributed by atoms with Crippen LogP contribution in [0.3, 0.4) is 0 Å². The lowest BCUT2D eigenvalue weighted by Crippen LogP contribution is -2.13. The van der Waals surface area contributed by atoms with Crippen LogP contribution in [0.15, 0.2) is 34.7 Å². The minimum atomic E-state index is -3.64. The average Bonchev–Trinajstić information content (AvgIpc) is 2.89. The number of benzene rings is 1. The summed E-state index contributed by atoms with van der Waals surface area (Å²) in [6, 6.07) is 6.05. The molecule has 2 rings (SSSR count). The number of aromatic nitrogens is 2. The molecule has 3 N–H and O–H groups in total. The number of hydrogen-bond acceptors (Lipinski definition) is 7. The van der Waals surface area contributed by atoms with Crippen molar-refractivity contribution in [2.75, 3.05) is 17.9 Å². The fourth-order valence-electron chi connectivity index (χ4n) is 1.28.